The number of anilines is 1. The summed E-state index contributed by atoms with van der Waals surface area (Å²) in [4.78, 5) is 5.32. The molecule has 0 amide bonds. The molecule has 0 fully saturated rings. The predicted octanol–water partition coefficient (Wildman–Crippen LogP) is 12.1. The number of nitrogens with one attached hydrogen (secondary N) is 1. The monoisotopic (exact) mass is 962 g/mol. The third-order valence-electron chi connectivity index (χ3n) is 8.88. The van der Waals surface area contributed by atoms with E-state index in [-0.39, 0.29) is 0 Å². The number of benzene rings is 7. The first-order valence-corrected chi connectivity index (χ1v) is 26.7. The van der Waals surface area contributed by atoms with Crippen molar-refractivity contribution < 1.29 is 16.5 Å². The Morgan fingerprint density at radius 3 is 1.30 bits per heavy atom. The van der Waals surface area contributed by atoms with Crippen molar-refractivity contribution >= 4 is 76.9 Å². The molecule has 0 aliphatic heterocycles. The van der Waals surface area contributed by atoms with Crippen LogP contribution in [0.1, 0.15) is 16.7 Å². The van der Waals surface area contributed by atoms with Gasteiger partial charge >= 0.3 is 35.3 Å². The maximum atomic E-state index is 6.02. The van der Waals surface area contributed by atoms with Gasteiger partial charge in [-0.25, -0.2) is 9.74 Å². The Kier molecular flexibility index (Phi) is 14.2. The Morgan fingerprint density at radius 2 is 0.870 bits per heavy atom. The van der Waals surface area contributed by atoms with Crippen molar-refractivity contribution in [2.75, 3.05) is 5.09 Å². The van der Waals surface area contributed by atoms with Crippen molar-refractivity contribution in [3.05, 3.63) is 217 Å². The standard InChI is InChI=1S/C46H41N3P2.2ClH.Pt/c1-37-28-32-40(33-29-37)47-46(39-18-8-3-9-19-39)49-51(44-24-14-6-15-25-44,45-26-16-7-17-27-45)36-50(42-20-10-4-11-21-42,43-22-12-5-13-23-43)48-41-34-30-38(2)31-35-41;;;/h3-36,48H,1-2H3;2*1H;/q;;;+2/p-2. The summed E-state index contributed by atoms with van der Waals surface area (Å²) < 4.78 is 6.02. The molecule has 0 unspecified atom stereocenters. The summed E-state index contributed by atoms with van der Waals surface area (Å²) in [7, 11) is 4.34. The van der Waals surface area contributed by atoms with Crippen LogP contribution in [-0.2, 0) is 16.5 Å². The van der Waals surface area contributed by atoms with E-state index in [0.29, 0.717) is 5.84 Å². The minimum atomic E-state index is -2.81. The van der Waals surface area contributed by atoms with Crippen molar-refractivity contribution in [1.82, 2.24) is 0 Å². The second-order valence-corrected chi connectivity index (χ2v) is 22.1. The third kappa shape index (κ3) is 9.72. The molecule has 0 spiro atoms. The fraction of sp³-hybridized carbons (Fsp3) is 0.0435. The molecule has 274 valence electrons. The van der Waals surface area contributed by atoms with Crippen molar-refractivity contribution in [1.29, 1.82) is 0 Å². The topological polar surface area (TPSA) is 36.8 Å². The van der Waals surface area contributed by atoms with Crippen LogP contribution in [0, 0.1) is 13.8 Å². The molecular weight excluding hydrogens is 922 g/mol. The van der Waals surface area contributed by atoms with E-state index >= 15 is 0 Å². The minimum absolute atomic E-state index is 0.472. The molecule has 7 rings (SSSR count). The SMILES string of the molecule is Cc1ccc(N=C(N=P(C=P(Nc2ccc(C)cc2)(c2ccccc2)c2ccccc2)(c2ccccc2)c2ccccc2)c2ccccc2)cc1.[Cl][Pt][Cl]. The number of nitrogens with zero attached hydrogens (tertiary/aromatic N) is 2. The second-order valence-electron chi connectivity index (χ2n) is 12.6. The van der Waals surface area contributed by atoms with Crippen molar-refractivity contribution in [2.24, 2.45) is 9.74 Å². The molecule has 7 aromatic rings. The van der Waals surface area contributed by atoms with Crippen LogP contribution in [0.2, 0.25) is 0 Å². The van der Waals surface area contributed by atoms with Crippen molar-refractivity contribution in [3.63, 3.8) is 0 Å². The first-order chi connectivity index (χ1) is 26.5. The zero-order valence-electron chi connectivity index (χ0n) is 30.0. The Bertz CT molecular complexity index is 2270. The summed E-state index contributed by atoms with van der Waals surface area (Å²) in [5.41, 5.74) is 7.93. The number of aliphatic imine (C=N–C) groups is 1. The van der Waals surface area contributed by atoms with Crippen LogP contribution in [0.4, 0.5) is 11.4 Å². The van der Waals surface area contributed by atoms with Crippen LogP contribution in [0.3, 0.4) is 0 Å². The molecule has 0 aliphatic carbocycles. The quantitative estimate of drug-likeness (QED) is 0.0874. The number of halogens is 2. The van der Waals surface area contributed by atoms with Crippen LogP contribution >= 0.6 is 32.9 Å². The van der Waals surface area contributed by atoms with Crippen molar-refractivity contribution in [2.45, 2.75) is 13.8 Å². The molecule has 7 aromatic carbocycles. The van der Waals surface area contributed by atoms with Gasteiger partial charge in [-0.05, 0) is 54.3 Å². The molecule has 0 heterocycles. The molecule has 1 N–H and O–H groups in total. The van der Waals surface area contributed by atoms with E-state index in [1.165, 1.54) is 21.7 Å². The Morgan fingerprint density at radius 1 is 0.500 bits per heavy atom. The van der Waals surface area contributed by atoms with Gasteiger partial charge in [0.1, 0.15) is 0 Å². The molecule has 54 heavy (non-hydrogen) atoms. The molecule has 0 saturated heterocycles. The van der Waals surface area contributed by atoms with Gasteiger partial charge in [0, 0.05) is 28.9 Å². The number of aryl methyl sites for hydroxylation is 2. The molecule has 0 atom stereocenters. The summed E-state index contributed by atoms with van der Waals surface area (Å²) in [6.07, 6.45) is 0. The summed E-state index contributed by atoms with van der Waals surface area (Å²) in [6, 6.07) is 71.0. The van der Waals surface area contributed by atoms with Crippen LogP contribution in [0.25, 0.3) is 0 Å². The van der Waals surface area contributed by atoms with Gasteiger partial charge < -0.3 is 5.09 Å². The molecule has 0 radical (unpaired) electrons. The van der Waals surface area contributed by atoms with E-state index in [2.05, 4.69) is 219 Å². The molecule has 0 bridgehead atoms. The van der Waals surface area contributed by atoms with Gasteiger partial charge in [0.2, 0.25) is 0 Å². The molecule has 0 aromatic heterocycles. The van der Waals surface area contributed by atoms with E-state index in [0.717, 1.165) is 27.5 Å². The summed E-state index contributed by atoms with van der Waals surface area (Å²) >= 11 is -0.472. The average Bonchev–Trinajstić information content (AvgIpc) is 3.23. The summed E-state index contributed by atoms with van der Waals surface area (Å²) in [5.74, 6) is 0.700. The predicted molar refractivity (Wildman–Crippen MR) is 237 cm³/mol. The van der Waals surface area contributed by atoms with Gasteiger partial charge in [-0.1, -0.05) is 187 Å². The maximum absolute atomic E-state index is 6.02. The summed E-state index contributed by atoms with van der Waals surface area (Å²) in [6.45, 7) is 4.23. The fourth-order valence-electron chi connectivity index (χ4n) is 6.21. The van der Waals surface area contributed by atoms with Crippen LogP contribution in [-0.4, -0.2) is 11.4 Å². The van der Waals surface area contributed by atoms with E-state index < -0.39 is 30.6 Å². The van der Waals surface area contributed by atoms with Gasteiger partial charge in [-0.2, -0.15) is 0 Å². The molecule has 3 nitrogen and oxygen atoms in total. The zero-order valence-corrected chi connectivity index (χ0v) is 35.6. The number of amidine groups is 1. The van der Waals surface area contributed by atoms with Crippen LogP contribution < -0.4 is 26.3 Å². The molecule has 0 aliphatic rings. The zero-order chi connectivity index (χ0) is 37.6. The van der Waals surface area contributed by atoms with E-state index in [9.17, 15) is 0 Å². The van der Waals surface area contributed by atoms with E-state index in [1.54, 1.807) is 0 Å². The number of hydrogen-bond acceptors (Lipinski definition) is 2. The van der Waals surface area contributed by atoms with Gasteiger partial charge in [0.05, 0.1) is 12.7 Å². The van der Waals surface area contributed by atoms with E-state index in [4.69, 9.17) is 28.6 Å². The van der Waals surface area contributed by atoms with Gasteiger partial charge in [-0.3, -0.25) is 0 Å². The Labute approximate surface area is 336 Å². The third-order valence-corrected chi connectivity index (χ3v) is 17.1. The first-order valence-electron chi connectivity index (χ1n) is 17.4. The normalized spacial score (nSPS) is 11.6. The molecular formula is C46H41Cl2N3P2Pt. The van der Waals surface area contributed by atoms with Crippen LogP contribution in [0.5, 0.6) is 0 Å². The van der Waals surface area contributed by atoms with Crippen molar-refractivity contribution in [3.8, 4) is 0 Å². The Hall–Kier alpha value is -4.19. The first kappa shape index (κ1) is 39.5. The molecule has 8 heteroatoms. The van der Waals surface area contributed by atoms with Gasteiger partial charge in [0.15, 0.2) is 5.84 Å². The average molecular weight is 964 g/mol. The fourth-order valence-corrected chi connectivity index (χ4v) is 15.4. The van der Waals surface area contributed by atoms with Gasteiger partial charge in [0.25, 0.3) is 0 Å². The Balaban J connectivity index is 0.00000160. The molecule has 0 saturated carbocycles. The number of hydrogen-bond donors (Lipinski definition) is 1. The summed E-state index contributed by atoms with van der Waals surface area (Å²) in [5, 5.41) is 8.96. The second kappa shape index (κ2) is 19.4. The number of rotatable bonds is 9. The van der Waals surface area contributed by atoms with E-state index in [1.807, 2.05) is 6.07 Å². The van der Waals surface area contributed by atoms with Gasteiger partial charge in [-0.15, -0.1) is 0 Å². The van der Waals surface area contributed by atoms with Crippen LogP contribution in [0.15, 0.2) is 210 Å².